The van der Waals surface area contributed by atoms with Gasteiger partial charge in [0.05, 0.1) is 10.7 Å². The average molecular weight is 464 g/mol. The standard InChI is InChI=1S/C26H26ClN3O3/c1-19-7-5-6-10-24(19)33-18-25(31)28-21-11-12-23(22(27)17-21)29-13-15-30(16-14-29)26(32)20-8-3-2-4-9-20/h2-12,17H,13-16,18H2,1H3,(H,28,31). The van der Waals surface area contributed by atoms with Gasteiger partial charge >= 0.3 is 0 Å². The van der Waals surface area contributed by atoms with Gasteiger partial charge in [0, 0.05) is 37.4 Å². The molecule has 3 aromatic rings. The van der Waals surface area contributed by atoms with Crippen LogP contribution in [0.15, 0.2) is 72.8 Å². The largest absolute Gasteiger partial charge is 0.483 e. The fraction of sp³-hybridized carbons (Fsp3) is 0.231. The molecule has 170 valence electrons. The van der Waals surface area contributed by atoms with Crippen molar-refractivity contribution in [3.63, 3.8) is 0 Å². The second-order valence-electron chi connectivity index (χ2n) is 7.91. The topological polar surface area (TPSA) is 61.9 Å². The number of rotatable bonds is 6. The minimum absolute atomic E-state index is 0.0484. The van der Waals surface area contributed by atoms with Crippen molar-refractivity contribution in [2.24, 2.45) is 0 Å². The summed E-state index contributed by atoms with van der Waals surface area (Å²) in [5.74, 6) is 0.480. The first-order chi connectivity index (χ1) is 16.0. The first-order valence-corrected chi connectivity index (χ1v) is 11.3. The van der Waals surface area contributed by atoms with Crippen LogP contribution >= 0.6 is 11.6 Å². The maximum Gasteiger partial charge on any atom is 0.262 e. The number of halogens is 1. The van der Waals surface area contributed by atoms with Crippen LogP contribution in [-0.2, 0) is 4.79 Å². The number of nitrogens with one attached hydrogen (secondary N) is 1. The van der Waals surface area contributed by atoms with Gasteiger partial charge in [0.25, 0.3) is 11.8 Å². The predicted octanol–water partition coefficient (Wildman–Crippen LogP) is 4.63. The zero-order chi connectivity index (χ0) is 23.2. The highest BCUT2D eigenvalue weighted by Crippen LogP contribution is 2.30. The fourth-order valence-electron chi connectivity index (χ4n) is 3.81. The lowest BCUT2D eigenvalue weighted by molar-refractivity contribution is -0.118. The zero-order valence-corrected chi connectivity index (χ0v) is 19.2. The summed E-state index contributed by atoms with van der Waals surface area (Å²) in [5, 5.41) is 3.37. The van der Waals surface area contributed by atoms with Crippen molar-refractivity contribution in [2.45, 2.75) is 6.92 Å². The van der Waals surface area contributed by atoms with Crippen LogP contribution in [0, 0.1) is 6.92 Å². The Labute approximate surface area is 198 Å². The highest BCUT2D eigenvalue weighted by Gasteiger charge is 2.23. The monoisotopic (exact) mass is 463 g/mol. The summed E-state index contributed by atoms with van der Waals surface area (Å²) in [5.41, 5.74) is 3.18. The Hall–Kier alpha value is -3.51. The number of carbonyl (C=O) groups excluding carboxylic acids is 2. The van der Waals surface area contributed by atoms with Gasteiger partial charge < -0.3 is 19.9 Å². The average Bonchev–Trinajstić information content (AvgIpc) is 2.84. The Morgan fingerprint density at radius 2 is 1.64 bits per heavy atom. The number of piperazine rings is 1. The highest BCUT2D eigenvalue weighted by atomic mass is 35.5. The first kappa shape index (κ1) is 22.7. The number of anilines is 2. The Morgan fingerprint density at radius 1 is 0.939 bits per heavy atom. The smallest absolute Gasteiger partial charge is 0.262 e. The van der Waals surface area contributed by atoms with E-state index in [1.165, 1.54) is 0 Å². The molecule has 0 aliphatic carbocycles. The molecule has 6 nitrogen and oxygen atoms in total. The summed E-state index contributed by atoms with van der Waals surface area (Å²) in [7, 11) is 0. The van der Waals surface area contributed by atoms with E-state index in [2.05, 4.69) is 10.2 Å². The Balaban J connectivity index is 1.31. The Kier molecular flexibility index (Phi) is 7.15. The number of ether oxygens (including phenoxy) is 1. The third-order valence-electron chi connectivity index (χ3n) is 5.61. The molecule has 1 N–H and O–H groups in total. The maximum absolute atomic E-state index is 12.7. The van der Waals surface area contributed by atoms with Gasteiger partial charge in [-0.15, -0.1) is 0 Å². The molecule has 0 radical (unpaired) electrons. The van der Waals surface area contributed by atoms with Crippen LogP contribution in [-0.4, -0.2) is 49.5 Å². The number of benzene rings is 3. The maximum atomic E-state index is 12.7. The second kappa shape index (κ2) is 10.4. The minimum atomic E-state index is -0.255. The van der Waals surface area contributed by atoms with Gasteiger partial charge in [-0.25, -0.2) is 0 Å². The number of nitrogens with zero attached hydrogens (tertiary/aromatic N) is 2. The quantitative estimate of drug-likeness (QED) is 0.579. The molecule has 7 heteroatoms. The summed E-state index contributed by atoms with van der Waals surface area (Å²) in [6.07, 6.45) is 0. The van der Waals surface area contributed by atoms with Crippen LogP contribution in [0.4, 0.5) is 11.4 Å². The number of hydrogen-bond acceptors (Lipinski definition) is 4. The van der Waals surface area contributed by atoms with E-state index in [0.29, 0.717) is 48.2 Å². The SMILES string of the molecule is Cc1ccccc1OCC(=O)Nc1ccc(N2CCN(C(=O)c3ccccc3)CC2)c(Cl)c1. The van der Waals surface area contributed by atoms with E-state index in [1.54, 1.807) is 6.07 Å². The van der Waals surface area contributed by atoms with Gasteiger partial charge in [0.2, 0.25) is 0 Å². The molecule has 2 amide bonds. The van der Waals surface area contributed by atoms with Crippen molar-refractivity contribution in [3.8, 4) is 5.75 Å². The first-order valence-electron chi connectivity index (χ1n) is 10.9. The van der Waals surface area contributed by atoms with Crippen LogP contribution < -0.4 is 15.0 Å². The molecule has 1 fully saturated rings. The van der Waals surface area contributed by atoms with Gasteiger partial charge in [0.15, 0.2) is 6.61 Å². The molecule has 0 spiro atoms. The zero-order valence-electron chi connectivity index (χ0n) is 18.5. The molecule has 33 heavy (non-hydrogen) atoms. The van der Waals surface area contributed by atoms with Crippen LogP contribution in [0.1, 0.15) is 15.9 Å². The minimum Gasteiger partial charge on any atom is -0.483 e. The number of hydrogen-bond donors (Lipinski definition) is 1. The molecule has 1 aliphatic heterocycles. The molecule has 0 saturated carbocycles. The van der Waals surface area contributed by atoms with E-state index in [0.717, 1.165) is 11.3 Å². The van der Waals surface area contributed by atoms with Gasteiger partial charge in [-0.1, -0.05) is 48.0 Å². The molecule has 3 aromatic carbocycles. The van der Waals surface area contributed by atoms with Crippen molar-refractivity contribution < 1.29 is 14.3 Å². The summed E-state index contributed by atoms with van der Waals surface area (Å²) < 4.78 is 5.60. The molecule has 4 rings (SSSR count). The van der Waals surface area contributed by atoms with Crippen molar-refractivity contribution in [3.05, 3.63) is 88.9 Å². The van der Waals surface area contributed by atoms with Gasteiger partial charge in [-0.3, -0.25) is 9.59 Å². The number of amides is 2. The second-order valence-corrected chi connectivity index (χ2v) is 8.32. The molecular weight excluding hydrogens is 438 g/mol. The molecule has 1 aliphatic rings. The van der Waals surface area contributed by atoms with E-state index in [1.807, 2.05) is 78.6 Å². The number of para-hydroxylation sites is 1. The molecule has 1 saturated heterocycles. The van der Waals surface area contributed by atoms with Gasteiger partial charge in [0.1, 0.15) is 5.75 Å². The summed E-state index contributed by atoms with van der Waals surface area (Å²) in [6, 6.07) is 22.4. The molecule has 0 unspecified atom stereocenters. The van der Waals surface area contributed by atoms with Crippen LogP contribution in [0.3, 0.4) is 0 Å². The van der Waals surface area contributed by atoms with E-state index in [4.69, 9.17) is 16.3 Å². The van der Waals surface area contributed by atoms with Crippen molar-refractivity contribution in [1.29, 1.82) is 0 Å². The van der Waals surface area contributed by atoms with Crippen molar-refractivity contribution in [1.82, 2.24) is 4.90 Å². The predicted molar refractivity (Wildman–Crippen MR) is 131 cm³/mol. The van der Waals surface area contributed by atoms with E-state index >= 15 is 0 Å². The van der Waals surface area contributed by atoms with Crippen LogP contribution in [0.5, 0.6) is 5.75 Å². The third-order valence-corrected chi connectivity index (χ3v) is 5.91. The molecule has 1 heterocycles. The molecular formula is C26H26ClN3O3. The summed E-state index contributed by atoms with van der Waals surface area (Å²) >= 11 is 6.53. The van der Waals surface area contributed by atoms with E-state index < -0.39 is 0 Å². The van der Waals surface area contributed by atoms with E-state index in [-0.39, 0.29) is 18.4 Å². The Bertz CT molecular complexity index is 1130. The summed E-state index contributed by atoms with van der Waals surface area (Å²) in [4.78, 5) is 29.0. The lowest BCUT2D eigenvalue weighted by Gasteiger charge is -2.36. The number of carbonyl (C=O) groups is 2. The fourth-order valence-corrected chi connectivity index (χ4v) is 4.11. The highest BCUT2D eigenvalue weighted by molar-refractivity contribution is 6.33. The van der Waals surface area contributed by atoms with E-state index in [9.17, 15) is 9.59 Å². The van der Waals surface area contributed by atoms with Crippen LogP contribution in [0.25, 0.3) is 0 Å². The van der Waals surface area contributed by atoms with Crippen molar-refractivity contribution >= 4 is 34.8 Å². The molecule has 0 bridgehead atoms. The molecule has 0 atom stereocenters. The Morgan fingerprint density at radius 3 is 2.33 bits per heavy atom. The molecule has 0 aromatic heterocycles. The lowest BCUT2D eigenvalue weighted by atomic mass is 10.1. The number of aryl methyl sites for hydroxylation is 1. The third kappa shape index (κ3) is 5.65. The van der Waals surface area contributed by atoms with Gasteiger partial charge in [-0.2, -0.15) is 0 Å². The summed E-state index contributed by atoms with van der Waals surface area (Å²) in [6.45, 7) is 4.48. The van der Waals surface area contributed by atoms with Crippen LogP contribution in [0.2, 0.25) is 5.02 Å². The normalized spacial score (nSPS) is 13.5. The lowest BCUT2D eigenvalue weighted by Crippen LogP contribution is -2.48. The van der Waals surface area contributed by atoms with Crippen molar-refractivity contribution in [2.75, 3.05) is 43.0 Å². The van der Waals surface area contributed by atoms with Gasteiger partial charge in [-0.05, 0) is 48.9 Å².